The van der Waals surface area contributed by atoms with Gasteiger partial charge >= 0.3 is 0 Å². The van der Waals surface area contributed by atoms with E-state index in [1.165, 1.54) is 19.3 Å². The van der Waals surface area contributed by atoms with Crippen LogP contribution in [0.1, 0.15) is 25.7 Å². The van der Waals surface area contributed by atoms with Gasteiger partial charge in [-0.15, -0.1) is 0 Å². The number of nitrogens with two attached hydrogens (primary N) is 1. The molecule has 3 nitrogen and oxygen atoms in total. The van der Waals surface area contributed by atoms with E-state index in [0.29, 0.717) is 6.61 Å². The van der Waals surface area contributed by atoms with Crippen LogP contribution in [0.5, 0.6) is 0 Å². The monoisotopic (exact) mass is 173 g/mol. The molecule has 0 heterocycles. The molecule has 0 bridgehead atoms. The van der Waals surface area contributed by atoms with Gasteiger partial charge in [0.05, 0.1) is 19.3 Å². The minimum atomic E-state index is -0.202. The van der Waals surface area contributed by atoms with E-state index >= 15 is 0 Å². The van der Waals surface area contributed by atoms with Crippen molar-refractivity contribution in [3.05, 3.63) is 0 Å². The standard InChI is InChI=1S/C9H19NO2/c10-9(6-11)7-12-5-4-8-2-1-3-8/h8-9,11H,1-7,10H2. The molecule has 1 atom stereocenters. The van der Waals surface area contributed by atoms with Crippen molar-refractivity contribution in [2.45, 2.75) is 31.7 Å². The predicted molar refractivity (Wildman–Crippen MR) is 47.8 cm³/mol. The fourth-order valence-corrected chi connectivity index (χ4v) is 1.32. The second-order valence-corrected chi connectivity index (χ2v) is 3.60. The summed E-state index contributed by atoms with van der Waals surface area (Å²) in [5.41, 5.74) is 5.46. The van der Waals surface area contributed by atoms with E-state index in [1.54, 1.807) is 0 Å². The molecule has 0 aromatic carbocycles. The maximum Gasteiger partial charge on any atom is 0.0639 e. The van der Waals surface area contributed by atoms with E-state index in [-0.39, 0.29) is 12.6 Å². The van der Waals surface area contributed by atoms with Crippen LogP contribution in [0.3, 0.4) is 0 Å². The molecule has 1 saturated carbocycles. The maximum atomic E-state index is 8.60. The van der Waals surface area contributed by atoms with Gasteiger partial charge in [-0.05, 0) is 12.3 Å². The van der Waals surface area contributed by atoms with Crippen molar-refractivity contribution < 1.29 is 9.84 Å². The van der Waals surface area contributed by atoms with E-state index < -0.39 is 0 Å². The summed E-state index contributed by atoms with van der Waals surface area (Å²) in [7, 11) is 0. The molecular formula is C9H19NO2. The number of rotatable bonds is 6. The van der Waals surface area contributed by atoms with Gasteiger partial charge in [-0.3, -0.25) is 0 Å². The molecule has 1 fully saturated rings. The largest absolute Gasteiger partial charge is 0.395 e. The molecule has 0 saturated heterocycles. The smallest absolute Gasteiger partial charge is 0.0639 e. The summed E-state index contributed by atoms with van der Waals surface area (Å²) in [6.45, 7) is 1.31. The van der Waals surface area contributed by atoms with E-state index in [9.17, 15) is 0 Å². The third kappa shape index (κ3) is 3.52. The summed E-state index contributed by atoms with van der Waals surface area (Å²) in [5, 5.41) is 8.60. The number of hydrogen-bond acceptors (Lipinski definition) is 3. The van der Waals surface area contributed by atoms with Gasteiger partial charge < -0.3 is 15.6 Å². The Hall–Kier alpha value is -0.120. The molecule has 1 unspecified atom stereocenters. The molecule has 0 radical (unpaired) electrons. The number of aliphatic hydroxyl groups excluding tert-OH is 1. The van der Waals surface area contributed by atoms with Crippen LogP contribution in [-0.4, -0.2) is 31.0 Å². The van der Waals surface area contributed by atoms with Gasteiger partial charge in [0.2, 0.25) is 0 Å². The minimum absolute atomic E-state index is 0.0173. The minimum Gasteiger partial charge on any atom is -0.395 e. The molecular weight excluding hydrogens is 154 g/mol. The zero-order valence-corrected chi connectivity index (χ0v) is 7.54. The Labute approximate surface area is 73.9 Å². The topological polar surface area (TPSA) is 55.5 Å². The van der Waals surface area contributed by atoms with Crippen molar-refractivity contribution >= 4 is 0 Å². The van der Waals surface area contributed by atoms with Crippen LogP contribution in [0.25, 0.3) is 0 Å². The van der Waals surface area contributed by atoms with Gasteiger partial charge in [-0.1, -0.05) is 19.3 Å². The SMILES string of the molecule is NC(CO)COCCC1CCC1. The highest BCUT2D eigenvalue weighted by atomic mass is 16.5. The van der Waals surface area contributed by atoms with Crippen molar-refractivity contribution in [3.63, 3.8) is 0 Å². The highest BCUT2D eigenvalue weighted by molar-refractivity contribution is 4.69. The van der Waals surface area contributed by atoms with E-state index in [4.69, 9.17) is 15.6 Å². The molecule has 0 aliphatic heterocycles. The van der Waals surface area contributed by atoms with Gasteiger partial charge in [0, 0.05) is 6.61 Å². The Morgan fingerprint density at radius 3 is 2.75 bits per heavy atom. The lowest BCUT2D eigenvalue weighted by Gasteiger charge is -2.25. The second kappa shape index (κ2) is 5.51. The van der Waals surface area contributed by atoms with Crippen LogP contribution in [0.2, 0.25) is 0 Å². The summed E-state index contributed by atoms with van der Waals surface area (Å²) in [6, 6.07) is -0.202. The lowest BCUT2D eigenvalue weighted by atomic mass is 9.83. The highest BCUT2D eigenvalue weighted by Crippen LogP contribution is 2.28. The average Bonchev–Trinajstić information content (AvgIpc) is 2.00. The van der Waals surface area contributed by atoms with Gasteiger partial charge in [0.25, 0.3) is 0 Å². The number of hydrogen-bond donors (Lipinski definition) is 2. The van der Waals surface area contributed by atoms with Crippen LogP contribution in [-0.2, 0) is 4.74 Å². The third-order valence-corrected chi connectivity index (χ3v) is 2.46. The van der Waals surface area contributed by atoms with Crippen LogP contribution >= 0.6 is 0 Å². The quantitative estimate of drug-likeness (QED) is 0.575. The molecule has 1 aliphatic rings. The fraction of sp³-hybridized carbons (Fsp3) is 1.00. The van der Waals surface area contributed by atoms with Crippen LogP contribution < -0.4 is 5.73 Å². The van der Waals surface area contributed by atoms with Gasteiger partial charge in [-0.2, -0.15) is 0 Å². The molecule has 1 aliphatic carbocycles. The molecule has 0 amide bonds. The average molecular weight is 173 g/mol. The first kappa shape index (κ1) is 9.96. The lowest BCUT2D eigenvalue weighted by molar-refractivity contribution is 0.0822. The normalized spacial score (nSPS) is 20.5. The van der Waals surface area contributed by atoms with Crippen molar-refractivity contribution in [2.24, 2.45) is 11.7 Å². The Balaban J connectivity index is 1.82. The first-order chi connectivity index (χ1) is 5.83. The first-order valence-electron chi connectivity index (χ1n) is 4.77. The van der Waals surface area contributed by atoms with Crippen molar-refractivity contribution in [3.8, 4) is 0 Å². The maximum absolute atomic E-state index is 8.60. The van der Waals surface area contributed by atoms with Crippen LogP contribution in [0.4, 0.5) is 0 Å². The second-order valence-electron chi connectivity index (χ2n) is 3.60. The summed E-state index contributed by atoms with van der Waals surface area (Å²) < 4.78 is 5.31. The molecule has 0 aromatic rings. The Bertz CT molecular complexity index is 108. The zero-order valence-electron chi connectivity index (χ0n) is 7.54. The van der Waals surface area contributed by atoms with E-state index in [2.05, 4.69) is 0 Å². The Kier molecular flexibility index (Phi) is 4.58. The number of ether oxygens (including phenoxy) is 1. The summed E-state index contributed by atoms with van der Waals surface area (Å²) in [5.74, 6) is 0.898. The molecule has 3 heteroatoms. The summed E-state index contributed by atoms with van der Waals surface area (Å²) >= 11 is 0. The summed E-state index contributed by atoms with van der Waals surface area (Å²) in [4.78, 5) is 0. The van der Waals surface area contributed by atoms with Crippen molar-refractivity contribution in [2.75, 3.05) is 19.8 Å². The number of aliphatic hydroxyl groups is 1. The molecule has 3 N–H and O–H groups in total. The highest BCUT2D eigenvalue weighted by Gasteiger charge is 2.16. The molecule has 0 aromatic heterocycles. The first-order valence-corrected chi connectivity index (χ1v) is 4.77. The molecule has 1 rings (SSSR count). The fourth-order valence-electron chi connectivity index (χ4n) is 1.32. The van der Waals surface area contributed by atoms with Crippen LogP contribution in [0, 0.1) is 5.92 Å². The molecule has 72 valence electrons. The summed E-state index contributed by atoms with van der Waals surface area (Å²) in [6.07, 6.45) is 5.30. The predicted octanol–water partition coefficient (Wildman–Crippen LogP) is 0.513. The van der Waals surface area contributed by atoms with Crippen molar-refractivity contribution in [1.29, 1.82) is 0 Å². The lowest BCUT2D eigenvalue weighted by Crippen LogP contribution is -2.30. The molecule has 12 heavy (non-hydrogen) atoms. The van der Waals surface area contributed by atoms with Gasteiger partial charge in [0.15, 0.2) is 0 Å². The van der Waals surface area contributed by atoms with Gasteiger partial charge in [0.1, 0.15) is 0 Å². The van der Waals surface area contributed by atoms with Crippen molar-refractivity contribution in [1.82, 2.24) is 0 Å². The van der Waals surface area contributed by atoms with Crippen LogP contribution in [0.15, 0.2) is 0 Å². The van der Waals surface area contributed by atoms with Gasteiger partial charge in [-0.25, -0.2) is 0 Å². The van der Waals surface area contributed by atoms with E-state index in [0.717, 1.165) is 18.9 Å². The zero-order chi connectivity index (χ0) is 8.81. The van der Waals surface area contributed by atoms with E-state index in [1.807, 2.05) is 0 Å². The third-order valence-electron chi connectivity index (χ3n) is 2.46. The molecule has 0 spiro atoms. The Morgan fingerprint density at radius 2 is 2.25 bits per heavy atom. The Morgan fingerprint density at radius 1 is 1.50 bits per heavy atom.